The highest BCUT2D eigenvalue weighted by atomic mass is 32.1. The Bertz CT molecular complexity index is 454. The van der Waals surface area contributed by atoms with E-state index in [-0.39, 0.29) is 17.7 Å². The number of ether oxygens (including phenoxy) is 1. The Labute approximate surface area is 114 Å². The lowest BCUT2D eigenvalue weighted by Crippen LogP contribution is -2.37. The van der Waals surface area contributed by atoms with Gasteiger partial charge < -0.3 is 9.84 Å². The third-order valence-corrected chi connectivity index (χ3v) is 3.62. The van der Waals surface area contributed by atoms with E-state index in [2.05, 4.69) is 9.72 Å². The Morgan fingerprint density at radius 3 is 2.53 bits per heavy atom. The van der Waals surface area contributed by atoms with Crippen molar-refractivity contribution in [3.05, 3.63) is 16.1 Å². The smallest absolute Gasteiger partial charge is 0.380 e. The van der Waals surface area contributed by atoms with Crippen molar-refractivity contribution in [1.29, 1.82) is 0 Å². The largest absolute Gasteiger partial charge is 0.461 e. The summed E-state index contributed by atoms with van der Waals surface area (Å²) < 4.78 is 31.5. The van der Waals surface area contributed by atoms with Crippen LogP contribution in [-0.2, 0) is 14.9 Å². The number of halogens is 2. The van der Waals surface area contributed by atoms with Crippen molar-refractivity contribution in [3.8, 4) is 0 Å². The van der Waals surface area contributed by atoms with Crippen LogP contribution in [0.2, 0.25) is 0 Å². The fourth-order valence-electron chi connectivity index (χ4n) is 1.28. The number of alkyl halides is 2. The maximum atomic E-state index is 13.6. The minimum atomic E-state index is -4.00. The zero-order chi connectivity index (χ0) is 14.8. The molecule has 108 valence electrons. The molecule has 1 aromatic heterocycles. The number of hydrogen-bond acceptors (Lipinski definition) is 5. The predicted octanol–water partition coefficient (Wildman–Crippen LogP) is 2.67. The van der Waals surface area contributed by atoms with E-state index in [0.29, 0.717) is 5.01 Å². The molecule has 0 radical (unpaired) electrons. The maximum Gasteiger partial charge on any atom is 0.380 e. The van der Waals surface area contributed by atoms with E-state index in [1.165, 1.54) is 23.6 Å². The molecule has 0 aromatic carbocycles. The van der Waals surface area contributed by atoms with Crippen LogP contribution in [0.25, 0.3) is 0 Å². The molecule has 0 bridgehead atoms. The van der Waals surface area contributed by atoms with Crippen molar-refractivity contribution in [2.75, 3.05) is 6.61 Å². The number of carbonyl (C=O) groups excluding carboxylic acids is 1. The normalized spacial score (nSPS) is 14.3. The minimum absolute atomic E-state index is 0.175. The van der Waals surface area contributed by atoms with Gasteiger partial charge in [0, 0.05) is 10.8 Å². The summed E-state index contributed by atoms with van der Waals surface area (Å²) in [6.45, 7) is 6.88. The first-order valence-corrected chi connectivity index (χ1v) is 6.67. The van der Waals surface area contributed by atoms with Crippen LogP contribution in [0.15, 0.2) is 5.38 Å². The van der Waals surface area contributed by atoms with Crippen LogP contribution in [0.3, 0.4) is 0 Å². The number of hydrogen-bond donors (Lipinski definition) is 1. The zero-order valence-corrected chi connectivity index (χ0v) is 12.1. The van der Waals surface area contributed by atoms with Crippen LogP contribution in [0, 0.1) is 0 Å². The summed E-state index contributed by atoms with van der Waals surface area (Å²) in [6, 6.07) is 0. The molecule has 1 rings (SSSR count). The number of rotatable bonds is 4. The molecule has 1 N–H and O–H groups in total. The molecular weight excluding hydrogens is 276 g/mol. The zero-order valence-electron chi connectivity index (χ0n) is 11.2. The van der Waals surface area contributed by atoms with Crippen LogP contribution in [-0.4, -0.2) is 28.6 Å². The van der Waals surface area contributed by atoms with E-state index in [4.69, 9.17) is 0 Å². The Morgan fingerprint density at radius 2 is 2.11 bits per heavy atom. The molecule has 19 heavy (non-hydrogen) atoms. The molecule has 4 nitrogen and oxygen atoms in total. The first kappa shape index (κ1) is 16.0. The molecule has 0 spiro atoms. The van der Waals surface area contributed by atoms with Crippen molar-refractivity contribution in [2.45, 2.75) is 45.1 Å². The van der Waals surface area contributed by atoms with Crippen molar-refractivity contribution in [1.82, 2.24) is 4.98 Å². The Morgan fingerprint density at radius 1 is 1.53 bits per heavy atom. The standard InChI is InChI=1S/C12H17F2NO3S/c1-5-18-10(17)12(13,14)8(16)7-6-19-9(15-7)11(2,3)4/h6,8,16H,5H2,1-4H3. The lowest BCUT2D eigenvalue weighted by Gasteiger charge is -2.19. The summed E-state index contributed by atoms with van der Waals surface area (Å²) >= 11 is 1.17. The van der Waals surface area contributed by atoms with Gasteiger partial charge in [0.15, 0.2) is 6.10 Å². The third kappa shape index (κ3) is 3.48. The average Bonchev–Trinajstić information content (AvgIpc) is 2.76. The number of aliphatic hydroxyl groups excluding tert-OH is 1. The van der Waals surface area contributed by atoms with Crippen LogP contribution < -0.4 is 0 Å². The van der Waals surface area contributed by atoms with Crippen molar-refractivity contribution in [3.63, 3.8) is 0 Å². The lowest BCUT2D eigenvalue weighted by molar-refractivity contribution is -0.189. The second kappa shape index (κ2) is 5.50. The van der Waals surface area contributed by atoms with Gasteiger partial charge in [0.25, 0.3) is 0 Å². The van der Waals surface area contributed by atoms with Crippen molar-refractivity contribution >= 4 is 17.3 Å². The van der Waals surface area contributed by atoms with E-state index in [0.717, 1.165) is 0 Å². The van der Waals surface area contributed by atoms with Crippen LogP contribution in [0.5, 0.6) is 0 Å². The summed E-state index contributed by atoms with van der Waals surface area (Å²) in [6.07, 6.45) is -2.29. The third-order valence-electron chi connectivity index (χ3n) is 2.33. The second-order valence-electron chi connectivity index (χ2n) is 5.07. The molecule has 1 unspecified atom stereocenters. The van der Waals surface area contributed by atoms with Gasteiger partial charge >= 0.3 is 11.9 Å². The van der Waals surface area contributed by atoms with E-state index in [1.54, 1.807) is 0 Å². The van der Waals surface area contributed by atoms with Crippen molar-refractivity contribution < 1.29 is 23.4 Å². The molecule has 0 fully saturated rings. The topological polar surface area (TPSA) is 59.4 Å². The monoisotopic (exact) mass is 293 g/mol. The average molecular weight is 293 g/mol. The van der Waals surface area contributed by atoms with Gasteiger partial charge in [-0.2, -0.15) is 8.78 Å². The van der Waals surface area contributed by atoms with E-state index in [1.807, 2.05) is 20.8 Å². The predicted molar refractivity (Wildman–Crippen MR) is 67.4 cm³/mol. The van der Waals surface area contributed by atoms with Crippen LogP contribution in [0.1, 0.15) is 44.5 Å². The molecule has 0 aliphatic carbocycles. The van der Waals surface area contributed by atoms with Crippen LogP contribution >= 0.6 is 11.3 Å². The van der Waals surface area contributed by atoms with Gasteiger partial charge in [-0.1, -0.05) is 20.8 Å². The summed E-state index contributed by atoms with van der Waals surface area (Å²) in [5, 5.41) is 11.6. The molecule has 7 heteroatoms. The molecule has 0 saturated heterocycles. The summed E-state index contributed by atoms with van der Waals surface area (Å²) in [4.78, 5) is 15.1. The Hall–Kier alpha value is -1.08. The molecule has 0 amide bonds. The minimum Gasteiger partial charge on any atom is -0.461 e. The van der Waals surface area contributed by atoms with Gasteiger partial charge in [-0.3, -0.25) is 0 Å². The fourth-order valence-corrected chi connectivity index (χ4v) is 2.21. The molecule has 0 aliphatic rings. The molecule has 1 aromatic rings. The number of nitrogens with zero attached hydrogens (tertiary/aromatic N) is 1. The number of aromatic nitrogens is 1. The van der Waals surface area contributed by atoms with Crippen LogP contribution in [0.4, 0.5) is 8.78 Å². The van der Waals surface area contributed by atoms with Gasteiger partial charge in [0.05, 0.1) is 17.3 Å². The highest BCUT2D eigenvalue weighted by Gasteiger charge is 2.50. The van der Waals surface area contributed by atoms with E-state index >= 15 is 0 Å². The number of esters is 1. The van der Waals surface area contributed by atoms with Gasteiger partial charge in [-0.15, -0.1) is 11.3 Å². The van der Waals surface area contributed by atoms with Gasteiger partial charge in [0.2, 0.25) is 0 Å². The number of carbonyl (C=O) groups is 1. The first-order chi connectivity index (χ1) is 8.60. The molecular formula is C12H17F2NO3S. The van der Waals surface area contributed by atoms with E-state index in [9.17, 15) is 18.7 Å². The molecule has 0 aliphatic heterocycles. The second-order valence-corrected chi connectivity index (χ2v) is 5.93. The number of thiazole rings is 1. The fraction of sp³-hybridized carbons (Fsp3) is 0.667. The van der Waals surface area contributed by atoms with Gasteiger partial charge in [-0.05, 0) is 6.92 Å². The highest BCUT2D eigenvalue weighted by molar-refractivity contribution is 7.09. The molecule has 1 atom stereocenters. The molecule has 0 saturated carbocycles. The Balaban J connectivity index is 2.97. The molecule has 1 heterocycles. The summed E-state index contributed by atoms with van der Waals surface area (Å²) in [7, 11) is 0. The quantitative estimate of drug-likeness (QED) is 0.867. The first-order valence-electron chi connectivity index (χ1n) is 5.79. The van der Waals surface area contributed by atoms with E-state index < -0.39 is 18.0 Å². The highest BCUT2D eigenvalue weighted by Crippen LogP contribution is 2.35. The lowest BCUT2D eigenvalue weighted by atomic mass is 9.98. The van der Waals surface area contributed by atoms with Crippen molar-refractivity contribution in [2.24, 2.45) is 0 Å². The van der Waals surface area contributed by atoms with Gasteiger partial charge in [-0.25, -0.2) is 9.78 Å². The SMILES string of the molecule is CCOC(=O)C(F)(F)C(O)c1csc(C(C)(C)C)n1. The summed E-state index contributed by atoms with van der Waals surface area (Å²) in [5.41, 5.74) is -0.519. The Kier molecular flexibility index (Phi) is 4.63. The van der Waals surface area contributed by atoms with Gasteiger partial charge in [0.1, 0.15) is 0 Å². The maximum absolute atomic E-state index is 13.6. The summed E-state index contributed by atoms with van der Waals surface area (Å²) in [5.74, 6) is -5.74. The number of aliphatic hydroxyl groups is 1.